The number of halogens is 1. The van der Waals surface area contributed by atoms with Gasteiger partial charge in [0.2, 0.25) is 0 Å². The van der Waals surface area contributed by atoms with Crippen molar-refractivity contribution < 1.29 is 9.53 Å². The number of hydrogen-bond donors (Lipinski definition) is 1. The number of anilines is 2. The summed E-state index contributed by atoms with van der Waals surface area (Å²) < 4.78 is 6.23. The first-order valence-corrected chi connectivity index (χ1v) is 9.26. The van der Waals surface area contributed by atoms with E-state index in [0.717, 1.165) is 26.3 Å². The third-order valence-corrected chi connectivity index (χ3v) is 4.83. The van der Waals surface area contributed by atoms with Crippen LogP contribution in [0.5, 0.6) is 5.75 Å². The number of para-hydroxylation sites is 2. The van der Waals surface area contributed by atoms with Crippen LogP contribution in [0.15, 0.2) is 78.9 Å². The van der Waals surface area contributed by atoms with Crippen LogP contribution in [-0.2, 0) is 6.54 Å². The zero-order chi connectivity index (χ0) is 18.4. The van der Waals surface area contributed by atoms with Gasteiger partial charge in [-0.1, -0.05) is 42.5 Å². The molecule has 0 heterocycles. The quantitative estimate of drug-likeness (QED) is 0.511. The van der Waals surface area contributed by atoms with Crippen LogP contribution in [0, 0.1) is 3.57 Å². The number of hydrogen-bond acceptors (Lipinski definition) is 2. The monoisotopic (exact) mass is 458 g/mol. The molecular formula is C21H19IN2O2. The lowest BCUT2D eigenvalue weighted by atomic mass is 10.2. The number of carbonyl (C=O) groups excluding carboxylic acids is 1. The number of nitrogens with zero attached hydrogens (tertiary/aromatic N) is 1. The summed E-state index contributed by atoms with van der Waals surface area (Å²) >= 11 is 2.25. The van der Waals surface area contributed by atoms with Gasteiger partial charge in [0.25, 0.3) is 0 Å². The molecule has 0 fully saturated rings. The molecule has 3 aromatic rings. The third kappa shape index (κ3) is 4.54. The van der Waals surface area contributed by atoms with E-state index >= 15 is 0 Å². The highest BCUT2D eigenvalue weighted by atomic mass is 127. The molecule has 26 heavy (non-hydrogen) atoms. The largest absolute Gasteiger partial charge is 0.497 e. The average molecular weight is 458 g/mol. The van der Waals surface area contributed by atoms with E-state index in [9.17, 15) is 4.79 Å². The van der Waals surface area contributed by atoms with Gasteiger partial charge in [0, 0.05) is 9.26 Å². The van der Waals surface area contributed by atoms with Crippen molar-refractivity contribution >= 4 is 40.0 Å². The predicted octanol–water partition coefficient (Wildman–Crippen LogP) is 5.54. The van der Waals surface area contributed by atoms with E-state index in [2.05, 4.69) is 27.9 Å². The second-order valence-corrected chi connectivity index (χ2v) is 6.84. The number of carbonyl (C=O) groups is 1. The van der Waals surface area contributed by atoms with Crippen LogP contribution in [0.25, 0.3) is 0 Å². The molecule has 0 spiro atoms. The van der Waals surface area contributed by atoms with Gasteiger partial charge in [-0.15, -0.1) is 0 Å². The molecule has 132 valence electrons. The van der Waals surface area contributed by atoms with Crippen LogP contribution in [0.3, 0.4) is 0 Å². The molecule has 0 aliphatic heterocycles. The summed E-state index contributed by atoms with van der Waals surface area (Å²) in [6, 6.07) is 24.9. The number of urea groups is 1. The summed E-state index contributed by atoms with van der Waals surface area (Å²) in [7, 11) is 1.64. The summed E-state index contributed by atoms with van der Waals surface area (Å²) in [6.45, 7) is 0.461. The molecule has 5 heteroatoms. The Morgan fingerprint density at radius 2 is 1.62 bits per heavy atom. The van der Waals surface area contributed by atoms with Crippen molar-refractivity contribution in [2.75, 3.05) is 17.3 Å². The van der Waals surface area contributed by atoms with Gasteiger partial charge < -0.3 is 10.1 Å². The van der Waals surface area contributed by atoms with E-state index in [1.807, 2.05) is 78.9 Å². The molecule has 0 saturated heterocycles. The van der Waals surface area contributed by atoms with Gasteiger partial charge in [0.1, 0.15) is 5.75 Å². The van der Waals surface area contributed by atoms with Crippen molar-refractivity contribution in [1.29, 1.82) is 0 Å². The molecule has 0 bridgehead atoms. The van der Waals surface area contributed by atoms with E-state index in [1.165, 1.54) is 0 Å². The Kier molecular flexibility index (Phi) is 6.12. The summed E-state index contributed by atoms with van der Waals surface area (Å²) in [5.41, 5.74) is 2.66. The fourth-order valence-electron chi connectivity index (χ4n) is 2.56. The van der Waals surface area contributed by atoms with Crippen LogP contribution in [-0.4, -0.2) is 13.1 Å². The summed E-state index contributed by atoms with van der Waals surface area (Å²) in [6.07, 6.45) is 0. The van der Waals surface area contributed by atoms with E-state index in [4.69, 9.17) is 4.74 Å². The van der Waals surface area contributed by atoms with Crippen molar-refractivity contribution in [2.45, 2.75) is 6.54 Å². The lowest BCUT2D eigenvalue weighted by Gasteiger charge is -2.24. The molecule has 0 aromatic heterocycles. The SMILES string of the molecule is COc1ccc(CN(C(=O)Nc2ccccc2)c2ccccc2I)cc1. The van der Waals surface area contributed by atoms with E-state index in [-0.39, 0.29) is 6.03 Å². The maximum absolute atomic E-state index is 13.0. The fourth-order valence-corrected chi connectivity index (χ4v) is 3.24. The molecule has 0 unspecified atom stereocenters. The van der Waals surface area contributed by atoms with Crippen molar-refractivity contribution in [2.24, 2.45) is 0 Å². The average Bonchev–Trinajstić information content (AvgIpc) is 2.68. The zero-order valence-electron chi connectivity index (χ0n) is 14.4. The van der Waals surface area contributed by atoms with Crippen LogP contribution in [0.1, 0.15) is 5.56 Å². The molecule has 1 N–H and O–H groups in total. The highest BCUT2D eigenvalue weighted by Gasteiger charge is 2.18. The van der Waals surface area contributed by atoms with Crippen LogP contribution in [0.2, 0.25) is 0 Å². The first-order valence-electron chi connectivity index (χ1n) is 8.18. The molecule has 3 rings (SSSR count). The second kappa shape index (κ2) is 8.71. The molecule has 0 saturated carbocycles. The van der Waals surface area contributed by atoms with Crippen molar-refractivity contribution in [1.82, 2.24) is 0 Å². The normalized spacial score (nSPS) is 10.2. The molecule has 0 aliphatic rings. The summed E-state index contributed by atoms with van der Waals surface area (Å²) in [5, 5.41) is 2.97. The van der Waals surface area contributed by atoms with Gasteiger partial charge in [0.05, 0.1) is 19.3 Å². The number of amides is 2. The number of nitrogens with one attached hydrogen (secondary N) is 1. The number of methoxy groups -OCH3 is 1. The predicted molar refractivity (Wildman–Crippen MR) is 114 cm³/mol. The number of benzene rings is 3. The Labute approximate surface area is 166 Å². The minimum Gasteiger partial charge on any atom is -0.497 e. The molecule has 0 radical (unpaired) electrons. The maximum atomic E-state index is 13.0. The molecule has 4 nitrogen and oxygen atoms in total. The fraction of sp³-hybridized carbons (Fsp3) is 0.0952. The highest BCUT2D eigenvalue weighted by molar-refractivity contribution is 14.1. The van der Waals surface area contributed by atoms with Crippen LogP contribution in [0.4, 0.5) is 16.2 Å². The molecule has 0 aliphatic carbocycles. The summed E-state index contributed by atoms with van der Waals surface area (Å²) in [4.78, 5) is 14.7. The Morgan fingerprint density at radius 3 is 2.27 bits per heavy atom. The van der Waals surface area contributed by atoms with Gasteiger partial charge in [-0.2, -0.15) is 0 Å². The van der Waals surface area contributed by atoms with Gasteiger partial charge in [-0.05, 0) is 64.6 Å². The molecule has 3 aromatic carbocycles. The molecular weight excluding hydrogens is 439 g/mol. The highest BCUT2D eigenvalue weighted by Crippen LogP contribution is 2.25. The van der Waals surface area contributed by atoms with Gasteiger partial charge in [-0.25, -0.2) is 4.79 Å². The zero-order valence-corrected chi connectivity index (χ0v) is 16.5. The minimum atomic E-state index is -0.170. The standard InChI is InChI=1S/C21H19IN2O2/c1-26-18-13-11-16(12-14-18)15-24(20-10-6-5-9-19(20)22)21(25)23-17-7-3-2-4-8-17/h2-14H,15H2,1H3,(H,23,25). The lowest BCUT2D eigenvalue weighted by molar-refractivity contribution is 0.256. The Hall–Kier alpha value is -2.54. The van der Waals surface area contributed by atoms with Crippen LogP contribution < -0.4 is 15.0 Å². The first-order chi connectivity index (χ1) is 12.7. The van der Waals surface area contributed by atoms with Gasteiger partial charge in [0.15, 0.2) is 0 Å². The van der Waals surface area contributed by atoms with E-state index in [0.29, 0.717) is 6.54 Å². The maximum Gasteiger partial charge on any atom is 0.326 e. The Morgan fingerprint density at radius 1 is 0.962 bits per heavy atom. The first kappa shape index (κ1) is 18.3. The topological polar surface area (TPSA) is 41.6 Å². The van der Waals surface area contributed by atoms with Crippen molar-refractivity contribution in [3.8, 4) is 5.75 Å². The summed E-state index contributed by atoms with van der Waals surface area (Å²) in [5.74, 6) is 0.795. The van der Waals surface area contributed by atoms with E-state index in [1.54, 1.807) is 12.0 Å². The smallest absolute Gasteiger partial charge is 0.326 e. The second-order valence-electron chi connectivity index (χ2n) is 5.68. The van der Waals surface area contributed by atoms with Crippen LogP contribution >= 0.6 is 22.6 Å². The Bertz CT molecular complexity index is 867. The molecule has 2 amide bonds. The minimum absolute atomic E-state index is 0.170. The Balaban J connectivity index is 1.88. The number of rotatable bonds is 5. The van der Waals surface area contributed by atoms with Gasteiger partial charge >= 0.3 is 6.03 Å². The number of ether oxygens (including phenoxy) is 1. The lowest BCUT2D eigenvalue weighted by Crippen LogP contribution is -2.35. The van der Waals surface area contributed by atoms with Gasteiger partial charge in [-0.3, -0.25) is 4.90 Å². The molecule has 0 atom stereocenters. The van der Waals surface area contributed by atoms with Crippen molar-refractivity contribution in [3.63, 3.8) is 0 Å². The van der Waals surface area contributed by atoms with Crippen molar-refractivity contribution in [3.05, 3.63) is 88.0 Å². The third-order valence-electron chi connectivity index (χ3n) is 3.91. The van der Waals surface area contributed by atoms with E-state index < -0.39 is 0 Å².